The molecule has 1 rings (SSSR count). The predicted octanol–water partition coefficient (Wildman–Crippen LogP) is 1.07. The Morgan fingerprint density at radius 2 is 1.00 bits per heavy atom. The van der Waals surface area contributed by atoms with E-state index in [0.29, 0.717) is 24.0 Å². The van der Waals surface area contributed by atoms with Gasteiger partial charge in [-0.1, -0.05) is 0 Å². The normalized spacial score (nSPS) is 13.9. The smallest absolute Gasteiger partial charge is 0.334 e. The van der Waals surface area contributed by atoms with Crippen LogP contribution in [0.25, 0.3) is 0 Å². The summed E-state index contributed by atoms with van der Waals surface area (Å²) in [4.78, 5) is 45.4. The number of hydrogen-bond acceptors (Lipinski definition) is 8. The lowest BCUT2D eigenvalue weighted by molar-refractivity contribution is -0.150. The van der Waals surface area contributed by atoms with Crippen molar-refractivity contribution in [2.45, 2.75) is 39.5 Å². The monoisotopic (exact) mass is 342 g/mol. The van der Waals surface area contributed by atoms with Crippen LogP contribution in [0.5, 0.6) is 0 Å². The van der Waals surface area contributed by atoms with Crippen molar-refractivity contribution >= 4 is 23.9 Å². The van der Waals surface area contributed by atoms with Gasteiger partial charge in [0.1, 0.15) is 26.4 Å². The Labute approximate surface area is 140 Å². The largest absolute Gasteiger partial charge is 0.462 e. The van der Waals surface area contributed by atoms with Crippen molar-refractivity contribution in [1.29, 1.82) is 0 Å². The molecule has 0 aromatic rings. The number of hydrogen-bond donors (Lipinski definition) is 0. The summed E-state index contributed by atoms with van der Waals surface area (Å²) >= 11 is 0. The van der Waals surface area contributed by atoms with Crippen molar-refractivity contribution in [3.05, 3.63) is 11.1 Å². The van der Waals surface area contributed by atoms with Crippen molar-refractivity contribution in [3.63, 3.8) is 0 Å². The summed E-state index contributed by atoms with van der Waals surface area (Å²) in [6.45, 7) is 2.31. The number of carbonyl (C=O) groups excluding carboxylic acids is 4. The molecule has 24 heavy (non-hydrogen) atoms. The average Bonchev–Trinajstić information content (AvgIpc) is 2.54. The van der Waals surface area contributed by atoms with Crippen LogP contribution in [0.3, 0.4) is 0 Å². The van der Waals surface area contributed by atoms with Crippen LogP contribution in [0, 0.1) is 0 Å². The van der Waals surface area contributed by atoms with Gasteiger partial charge in [-0.25, -0.2) is 9.59 Å². The summed E-state index contributed by atoms with van der Waals surface area (Å²) in [5.41, 5.74) is 0.586. The average molecular weight is 342 g/mol. The van der Waals surface area contributed by atoms with Gasteiger partial charge in [-0.3, -0.25) is 9.59 Å². The Hall–Kier alpha value is -2.38. The number of ether oxygens (including phenoxy) is 4. The molecule has 8 nitrogen and oxygen atoms in total. The first kappa shape index (κ1) is 19.7. The Morgan fingerprint density at radius 3 is 1.33 bits per heavy atom. The van der Waals surface area contributed by atoms with Gasteiger partial charge in [0.2, 0.25) is 0 Å². The summed E-state index contributed by atoms with van der Waals surface area (Å²) in [5.74, 6) is -2.12. The maximum absolute atomic E-state index is 12.1. The highest BCUT2D eigenvalue weighted by molar-refractivity contribution is 6.00. The summed E-state index contributed by atoms with van der Waals surface area (Å²) < 4.78 is 19.4. The molecule has 0 fully saturated rings. The van der Waals surface area contributed by atoms with E-state index in [0.717, 1.165) is 12.8 Å². The van der Waals surface area contributed by atoms with E-state index >= 15 is 0 Å². The van der Waals surface area contributed by atoms with E-state index in [2.05, 4.69) is 9.47 Å². The van der Waals surface area contributed by atoms with Gasteiger partial charge in [0.15, 0.2) is 0 Å². The van der Waals surface area contributed by atoms with Crippen LogP contribution in [-0.4, -0.2) is 50.3 Å². The van der Waals surface area contributed by atoms with Crippen molar-refractivity contribution in [2.24, 2.45) is 0 Å². The van der Waals surface area contributed by atoms with E-state index in [1.807, 2.05) is 0 Å². The van der Waals surface area contributed by atoms with Crippen LogP contribution in [-0.2, 0) is 38.1 Å². The molecule has 0 bridgehead atoms. The fourth-order valence-corrected chi connectivity index (χ4v) is 2.17. The molecule has 1 aliphatic rings. The predicted molar refractivity (Wildman–Crippen MR) is 80.7 cm³/mol. The van der Waals surface area contributed by atoms with Gasteiger partial charge >= 0.3 is 23.9 Å². The van der Waals surface area contributed by atoms with Gasteiger partial charge in [0, 0.05) is 25.0 Å². The molecule has 0 heterocycles. The molecule has 0 spiro atoms. The first-order valence-electron chi connectivity index (χ1n) is 7.74. The van der Waals surface area contributed by atoms with E-state index in [9.17, 15) is 19.2 Å². The van der Waals surface area contributed by atoms with Crippen molar-refractivity contribution < 1.29 is 38.1 Å². The summed E-state index contributed by atoms with van der Waals surface area (Å²) in [7, 11) is 0. The van der Waals surface area contributed by atoms with E-state index in [4.69, 9.17) is 9.47 Å². The molecule has 8 heteroatoms. The highest BCUT2D eigenvalue weighted by Gasteiger charge is 2.26. The molecular formula is C16H22O8. The summed E-state index contributed by atoms with van der Waals surface area (Å²) in [6.07, 6.45) is 2.42. The molecule has 134 valence electrons. The zero-order valence-corrected chi connectivity index (χ0v) is 13.9. The Bertz CT molecular complexity index is 474. The standard InChI is InChI=1S/C16H22O8/c1-11(17)21-7-9-23-15(19)13-5-3-4-6-14(13)16(20)24-10-8-22-12(2)18/h3-10H2,1-2H3. The summed E-state index contributed by atoms with van der Waals surface area (Å²) in [6, 6.07) is 0. The third-order valence-electron chi connectivity index (χ3n) is 3.20. The zero-order chi connectivity index (χ0) is 17.9. The van der Waals surface area contributed by atoms with Gasteiger partial charge in [-0.2, -0.15) is 0 Å². The van der Waals surface area contributed by atoms with Crippen molar-refractivity contribution in [1.82, 2.24) is 0 Å². The Balaban J connectivity index is 2.55. The van der Waals surface area contributed by atoms with Crippen LogP contribution in [0.1, 0.15) is 39.5 Å². The zero-order valence-electron chi connectivity index (χ0n) is 13.9. The maximum atomic E-state index is 12.1. The summed E-state index contributed by atoms with van der Waals surface area (Å²) in [5, 5.41) is 0. The van der Waals surface area contributed by atoms with E-state index in [1.165, 1.54) is 13.8 Å². The molecule has 0 saturated heterocycles. The molecule has 1 aliphatic carbocycles. The second-order valence-corrected chi connectivity index (χ2v) is 5.12. The van der Waals surface area contributed by atoms with Crippen LogP contribution >= 0.6 is 0 Å². The van der Waals surface area contributed by atoms with Crippen LogP contribution < -0.4 is 0 Å². The van der Waals surface area contributed by atoms with E-state index in [1.54, 1.807) is 0 Å². The fourth-order valence-electron chi connectivity index (χ4n) is 2.17. The molecule has 0 radical (unpaired) electrons. The highest BCUT2D eigenvalue weighted by atomic mass is 16.6. The van der Waals surface area contributed by atoms with Crippen molar-refractivity contribution in [2.75, 3.05) is 26.4 Å². The maximum Gasteiger partial charge on any atom is 0.334 e. The number of rotatable bonds is 8. The fraction of sp³-hybridized carbons (Fsp3) is 0.625. The van der Waals surface area contributed by atoms with Gasteiger partial charge in [-0.05, 0) is 25.7 Å². The second kappa shape index (κ2) is 10.4. The molecule has 0 N–H and O–H groups in total. The minimum absolute atomic E-state index is 0.0312. The third-order valence-corrected chi connectivity index (χ3v) is 3.20. The Kier molecular flexibility index (Phi) is 8.53. The van der Waals surface area contributed by atoms with Crippen LogP contribution in [0.4, 0.5) is 0 Å². The lowest BCUT2D eigenvalue weighted by Crippen LogP contribution is -2.22. The lowest BCUT2D eigenvalue weighted by atomic mass is 9.92. The molecule has 0 unspecified atom stereocenters. The first-order chi connectivity index (χ1) is 11.4. The minimum atomic E-state index is -0.603. The lowest BCUT2D eigenvalue weighted by Gasteiger charge is -2.18. The van der Waals surface area contributed by atoms with Gasteiger partial charge in [-0.15, -0.1) is 0 Å². The van der Waals surface area contributed by atoms with Gasteiger partial charge in [0.05, 0.1) is 0 Å². The molecule has 0 saturated carbocycles. The molecule has 0 amide bonds. The molecule has 0 aromatic heterocycles. The van der Waals surface area contributed by atoms with Gasteiger partial charge in [0.25, 0.3) is 0 Å². The molecular weight excluding hydrogens is 320 g/mol. The minimum Gasteiger partial charge on any atom is -0.462 e. The van der Waals surface area contributed by atoms with Crippen molar-refractivity contribution in [3.8, 4) is 0 Å². The van der Waals surface area contributed by atoms with Gasteiger partial charge < -0.3 is 18.9 Å². The third kappa shape index (κ3) is 7.26. The topological polar surface area (TPSA) is 105 Å². The SMILES string of the molecule is CC(=O)OCCOC(=O)C1=C(C(=O)OCCOC(C)=O)CCCC1. The molecule has 0 aliphatic heterocycles. The quantitative estimate of drug-likeness (QED) is 0.366. The number of esters is 4. The molecule has 0 atom stereocenters. The first-order valence-corrected chi connectivity index (χ1v) is 7.74. The van der Waals surface area contributed by atoms with E-state index in [-0.39, 0.29) is 26.4 Å². The van der Waals surface area contributed by atoms with E-state index < -0.39 is 23.9 Å². The molecule has 0 aromatic carbocycles. The van der Waals surface area contributed by atoms with Crippen LogP contribution in [0.2, 0.25) is 0 Å². The highest BCUT2D eigenvalue weighted by Crippen LogP contribution is 2.26. The number of carbonyl (C=O) groups is 4. The van der Waals surface area contributed by atoms with Crippen LogP contribution in [0.15, 0.2) is 11.1 Å². The Morgan fingerprint density at radius 1 is 0.667 bits per heavy atom. The second-order valence-electron chi connectivity index (χ2n) is 5.12.